The van der Waals surface area contributed by atoms with Gasteiger partial charge >= 0.3 is 6.09 Å². The first kappa shape index (κ1) is 17.8. The number of para-hydroxylation sites is 1. The molecule has 0 saturated carbocycles. The average Bonchev–Trinajstić information content (AvgIpc) is 2.90. The van der Waals surface area contributed by atoms with Gasteiger partial charge in [-0.05, 0) is 64.3 Å². The van der Waals surface area contributed by atoms with Crippen molar-refractivity contribution in [2.75, 3.05) is 24.5 Å². The van der Waals surface area contributed by atoms with Crippen LogP contribution < -0.4 is 16.0 Å². The quantitative estimate of drug-likeness (QED) is 0.791. The Kier molecular flexibility index (Phi) is 6.02. The van der Waals surface area contributed by atoms with E-state index in [1.165, 1.54) is 5.56 Å². The average molecular weight is 319 g/mol. The molecule has 1 amide bonds. The van der Waals surface area contributed by atoms with E-state index in [1.54, 1.807) is 4.90 Å². The van der Waals surface area contributed by atoms with Gasteiger partial charge < -0.3 is 15.8 Å². The second-order valence-corrected chi connectivity index (χ2v) is 6.98. The zero-order valence-corrected chi connectivity index (χ0v) is 14.5. The lowest BCUT2D eigenvalue weighted by Crippen LogP contribution is -2.36. The van der Waals surface area contributed by atoms with Crippen LogP contribution in [0.15, 0.2) is 18.2 Å². The predicted molar refractivity (Wildman–Crippen MR) is 93.7 cm³/mol. The standard InChI is InChI=1S/C18H29N3O2/c1-18(2,3)23-17(22)21-12-9-14-7-6-8-15(16(14)21)13-20-11-5-4-10-19/h6-8,20H,4-5,9-13,19H2,1-3H3. The molecule has 1 heterocycles. The summed E-state index contributed by atoms with van der Waals surface area (Å²) in [5.74, 6) is 0. The van der Waals surface area contributed by atoms with Gasteiger partial charge in [-0.1, -0.05) is 18.2 Å². The monoisotopic (exact) mass is 319 g/mol. The van der Waals surface area contributed by atoms with Crippen molar-refractivity contribution in [1.29, 1.82) is 0 Å². The second kappa shape index (κ2) is 7.79. The van der Waals surface area contributed by atoms with E-state index in [1.807, 2.05) is 20.8 Å². The van der Waals surface area contributed by atoms with Gasteiger partial charge in [0.05, 0.1) is 5.69 Å². The highest BCUT2D eigenvalue weighted by molar-refractivity contribution is 5.91. The van der Waals surface area contributed by atoms with E-state index >= 15 is 0 Å². The summed E-state index contributed by atoms with van der Waals surface area (Å²) in [6.07, 6.45) is 2.73. The molecule has 0 aromatic heterocycles. The molecule has 2 rings (SSSR count). The first-order valence-electron chi connectivity index (χ1n) is 8.44. The van der Waals surface area contributed by atoms with E-state index in [4.69, 9.17) is 10.5 Å². The normalized spacial score (nSPS) is 14.0. The molecule has 0 atom stereocenters. The summed E-state index contributed by atoms with van der Waals surface area (Å²) < 4.78 is 5.54. The number of nitrogens with zero attached hydrogens (tertiary/aromatic N) is 1. The summed E-state index contributed by atoms with van der Waals surface area (Å²) >= 11 is 0. The Balaban J connectivity index is 2.06. The van der Waals surface area contributed by atoms with Gasteiger partial charge in [-0.25, -0.2) is 4.79 Å². The molecule has 0 radical (unpaired) electrons. The van der Waals surface area contributed by atoms with Gasteiger partial charge in [0.25, 0.3) is 0 Å². The fourth-order valence-corrected chi connectivity index (χ4v) is 2.80. The topological polar surface area (TPSA) is 67.6 Å². The number of benzene rings is 1. The maximum atomic E-state index is 12.5. The number of carbonyl (C=O) groups excluding carboxylic acids is 1. The van der Waals surface area contributed by atoms with Gasteiger partial charge in [-0.3, -0.25) is 4.90 Å². The summed E-state index contributed by atoms with van der Waals surface area (Å²) in [5, 5.41) is 3.44. The highest BCUT2D eigenvalue weighted by Crippen LogP contribution is 2.33. The van der Waals surface area contributed by atoms with Crippen molar-refractivity contribution in [3.8, 4) is 0 Å². The molecule has 1 aromatic carbocycles. The second-order valence-electron chi connectivity index (χ2n) is 6.98. The predicted octanol–water partition coefficient (Wildman–Crippen LogP) is 2.81. The Morgan fingerprint density at radius 3 is 2.83 bits per heavy atom. The first-order chi connectivity index (χ1) is 10.9. The summed E-state index contributed by atoms with van der Waals surface area (Å²) in [6, 6.07) is 6.24. The summed E-state index contributed by atoms with van der Waals surface area (Å²) in [7, 11) is 0. The third kappa shape index (κ3) is 4.94. The van der Waals surface area contributed by atoms with Crippen molar-refractivity contribution in [3.63, 3.8) is 0 Å². The minimum atomic E-state index is -0.477. The van der Waals surface area contributed by atoms with Gasteiger partial charge in [0.2, 0.25) is 0 Å². The van der Waals surface area contributed by atoms with Crippen LogP contribution >= 0.6 is 0 Å². The van der Waals surface area contributed by atoms with E-state index < -0.39 is 5.60 Å². The van der Waals surface area contributed by atoms with Gasteiger partial charge in [-0.15, -0.1) is 0 Å². The van der Waals surface area contributed by atoms with Crippen molar-refractivity contribution in [1.82, 2.24) is 5.32 Å². The fraction of sp³-hybridized carbons (Fsp3) is 0.611. The minimum absolute atomic E-state index is 0.258. The zero-order chi connectivity index (χ0) is 16.9. The molecular formula is C18H29N3O2. The molecule has 0 bridgehead atoms. The smallest absolute Gasteiger partial charge is 0.414 e. The molecule has 0 spiro atoms. The number of unbranched alkanes of at least 4 members (excludes halogenated alkanes) is 1. The third-order valence-corrected chi connectivity index (χ3v) is 3.81. The lowest BCUT2D eigenvalue weighted by atomic mass is 10.1. The molecule has 0 saturated heterocycles. The summed E-state index contributed by atoms with van der Waals surface area (Å²) in [4.78, 5) is 14.2. The molecule has 23 heavy (non-hydrogen) atoms. The van der Waals surface area contributed by atoms with E-state index in [2.05, 4.69) is 23.5 Å². The van der Waals surface area contributed by atoms with Crippen LogP contribution in [-0.2, 0) is 17.7 Å². The Hall–Kier alpha value is -1.59. The number of hydrogen-bond acceptors (Lipinski definition) is 4. The number of rotatable bonds is 6. The molecule has 0 fully saturated rings. The number of hydrogen-bond donors (Lipinski definition) is 2. The van der Waals surface area contributed by atoms with E-state index in [0.29, 0.717) is 6.54 Å². The molecule has 0 unspecified atom stereocenters. The van der Waals surface area contributed by atoms with Crippen LogP contribution in [0, 0.1) is 0 Å². The molecule has 5 nitrogen and oxygen atoms in total. The van der Waals surface area contributed by atoms with Gasteiger partial charge in [0.1, 0.15) is 5.60 Å². The van der Waals surface area contributed by atoms with Crippen molar-refractivity contribution in [3.05, 3.63) is 29.3 Å². The molecule has 1 aliphatic rings. The Bertz CT molecular complexity index is 538. The van der Waals surface area contributed by atoms with Crippen LogP contribution in [0.25, 0.3) is 0 Å². The van der Waals surface area contributed by atoms with Crippen LogP contribution in [0.4, 0.5) is 10.5 Å². The van der Waals surface area contributed by atoms with Crippen molar-refractivity contribution in [2.45, 2.75) is 52.2 Å². The number of nitrogens with two attached hydrogens (primary N) is 1. The van der Waals surface area contributed by atoms with Gasteiger partial charge in [-0.2, -0.15) is 0 Å². The Labute approximate surface area is 139 Å². The molecular weight excluding hydrogens is 290 g/mol. The lowest BCUT2D eigenvalue weighted by Gasteiger charge is -2.26. The Morgan fingerprint density at radius 2 is 2.13 bits per heavy atom. The van der Waals surface area contributed by atoms with Gasteiger partial charge in [0.15, 0.2) is 0 Å². The molecule has 1 aromatic rings. The molecule has 1 aliphatic heterocycles. The van der Waals surface area contributed by atoms with Crippen molar-refractivity contribution >= 4 is 11.8 Å². The minimum Gasteiger partial charge on any atom is -0.443 e. The number of nitrogens with one attached hydrogen (secondary N) is 1. The number of ether oxygens (including phenoxy) is 1. The summed E-state index contributed by atoms with van der Waals surface area (Å²) in [5.41, 5.74) is 8.43. The summed E-state index contributed by atoms with van der Waals surface area (Å²) in [6.45, 7) is 8.80. The number of carbonyl (C=O) groups is 1. The van der Waals surface area contributed by atoms with Crippen LogP contribution in [0.5, 0.6) is 0 Å². The number of amides is 1. The number of fused-ring (bicyclic) bond motifs is 1. The maximum Gasteiger partial charge on any atom is 0.414 e. The fourth-order valence-electron chi connectivity index (χ4n) is 2.80. The molecule has 5 heteroatoms. The Morgan fingerprint density at radius 1 is 1.35 bits per heavy atom. The maximum absolute atomic E-state index is 12.5. The van der Waals surface area contributed by atoms with E-state index in [0.717, 1.165) is 50.1 Å². The molecule has 128 valence electrons. The largest absolute Gasteiger partial charge is 0.443 e. The zero-order valence-electron chi connectivity index (χ0n) is 14.5. The number of anilines is 1. The first-order valence-corrected chi connectivity index (χ1v) is 8.44. The van der Waals surface area contributed by atoms with E-state index in [-0.39, 0.29) is 6.09 Å². The van der Waals surface area contributed by atoms with Crippen LogP contribution in [-0.4, -0.2) is 31.3 Å². The SMILES string of the molecule is CC(C)(C)OC(=O)N1CCc2cccc(CNCCCCN)c21. The highest BCUT2D eigenvalue weighted by atomic mass is 16.6. The van der Waals surface area contributed by atoms with Gasteiger partial charge in [0, 0.05) is 13.1 Å². The molecule has 0 aliphatic carbocycles. The van der Waals surface area contributed by atoms with Crippen LogP contribution in [0.2, 0.25) is 0 Å². The third-order valence-electron chi connectivity index (χ3n) is 3.81. The molecule has 3 N–H and O–H groups in total. The van der Waals surface area contributed by atoms with Crippen LogP contribution in [0.3, 0.4) is 0 Å². The van der Waals surface area contributed by atoms with Crippen molar-refractivity contribution in [2.24, 2.45) is 5.73 Å². The van der Waals surface area contributed by atoms with Crippen molar-refractivity contribution < 1.29 is 9.53 Å². The van der Waals surface area contributed by atoms with E-state index in [9.17, 15) is 4.79 Å². The lowest BCUT2D eigenvalue weighted by molar-refractivity contribution is 0.0583. The van der Waals surface area contributed by atoms with Crippen LogP contribution in [0.1, 0.15) is 44.7 Å². The highest BCUT2D eigenvalue weighted by Gasteiger charge is 2.30.